The number of benzene rings is 2. The van der Waals surface area contributed by atoms with Crippen LogP contribution in [0.3, 0.4) is 0 Å². The Bertz CT molecular complexity index is 897. The van der Waals surface area contributed by atoms with Gasteiger partial charge < -0.3 is 14.5 Å². The number of morpholine rings is 1. The fourth-order valence-corrected chi connectivity index (χ4v) is 4.45. The summed E-state index contributed by atoms with van der Waals surface area (Å²) in [6, 6.07) is 14.2. The van der Waals surface area contributed by atoms with Crippen molar-refractivity contribution in [2.75, 3.05) is 26.7 Å². The number of fused-ring (bicyclic) bond motifs is 1. The molecule has 28 heavy (non-hydrogen) atoms. The lowest BCUT2D eigenvalue weighted by molar-refractivity contribution is -0.180. The fraction of sp³-hybridized carbons (Fsp3) is 0.364. The summed E-state index contributed by atoms with van der Waals surface area (Å²) in [7, 11) is 1.80. The van der Waals surface area contributed by atoms with E-state index in [4.69, 9.17) is 4.74 Å². The van der Waals surface area contributed by atoms with Gasteiger partial charge >= 0.3 is 0 Å². The molecule has 2 saturated heterocycles. The number of hydrogen-bond donors (Lipinski definition) is 0. The van der Waals surface area contributed by atoms with Gasteiger partial charge in [0.05, 0.1) is 5.54 Å². The number of aryl methyl sites for hydroxylation is 1. The van der Waals surface area contributed by atoms with Crippen LogP contribution in [0.25, 0.3) is 0 Å². The Labute approximate surface area is 163 Å². The van der Waals surface area contributed by atoms with Gasteiger partial charge in [-0.3, -0.25) is 9.59 Å². The number of piperidine rings is 1. The maximum atomic E-state index is 13.8. The summed E-state index contributed by atoms with van der Waals surface area (Å²) in [5.41, 5.74) is 1.44. The average Bonchev–Trinajstić information content (AvgIpc) is 2.70. The highest BCUT2D eigenvalue weighted by Crippen LogP contribution is 2.42. The van der Waals surface area contributed by atoms with Gasteiger partial charge in [0, 0.05) is 25.7 Å². The minimum absolute atomic E-state index is 0.00312. The lowest BCUT2D eigenvalue weighted by atomic mass is 9.76. The van der Waals surface area contributed by atoms with E-state index >= 15 is 0 Å². The van der Waals surface area contributed by atoms with Crippen LogP contribution in [-0.4, -0.2) is 54.5 Å². The third kappa shape index (κ3) is 2.98. The summed E-state index contributed by atoms with van der Waals surface area (Å²) < 4.78 is 19.7. The molecule has 2 aliphatic rings. The molecule has 0 aromatic heterocycles. The first-order chi connectivity index (χ1) is 13.4. The molecule has 0 radical (unpaired) electrons. The smallest absolute Gasteiger partial charge is 0.254 e. The van der Waals surface area contributed by atoms with Crippen LogP contribution in [0.5, 0.6) is 0 Å². The Balaban J connectivity index is 1.65. The molecular formula is C22H23FN2O3. The first-order valence-electron chi connectivity index (χ1n) is 9.42. The molecule has 0 N–H and O–H groups in total. The second-order valence-electron chi connectivity index (χ2n) is 7.56. The Hall–Kier alpha value is -2.73. The van der Waals surface area contributed by atoms with E-state index in [-0.39, 0.29) is 24.5 Å². The molecule has 2 amide bonds. The van der Waals surface area contributed by atoms with Gasteiger partial charge in [-0.2, -0.15) is 0 Å². The number of rotatable bonds is 2. The van der Waals surface area contributed by atoms with Crippen molar-refractivity contribution in [1.29, 1.82) is 0 Å². The molecule has 0 aliphatic carbocycles. The van der Waals surface area contributed by atoms with E-state index in [1.807, 2.05) is 30.3 Å². The molecule has 0 bridgehead atoms. The number of ether oxygens (including phenoxy) is 1. The third-order valence-electron chi connectivity index (χ3n) is 5.91. The largest absolute Gasteiger partial charge is 0.364 e. The molecule has 0 spiro atoms. The van der Waals surface area contributed by atoms with Crippen LogP contribution < -0.4 is 0 Å². The second kappa shape index (κ2) is 7.02. The van der Waals surface area contributed by atoms with E-state index in [9.17, 15) is 14.0 Å². The maximum absolute atomic E-state index is 13.8. The molecule has 2 fully saturated rings. The Morgan fingerprint density at radius 2 is 1.96 bits per heavy atom. The maximum Gasteiger partial charge on any atom is 0.254 e. The van der Waals surface area contributed by atoms with Gasteiger partial charge in [0.15, 0.2) is 0 Å². The van der Waals surface area contributed by atoms with Gasteiger partial charge in [-0.05, 0) is 42.7 Å². The first kappa shape index (κ1) is 18.6. The summed E-state index contributed by atoms with van der Waals surface area (Å²) in [5, 5.41) is 0. The fourth-order valence-electron chi connectivity index (χ4n) is 4.45. The van der Waals surface area contributed by atoms with Crippen LogP contribution in [0.1, 0.15) is 27.9 Å². The summed E-state index contributed by atoms with van der Waals surface area (Å²) in [4.78, 5) is 28.9. The molecule has 0 unspecified atom stereocenters. The number of amides is 2. The normalized spacial score (nSPS) is 24.8. The predicted octanol–water partition coefficient (Wildman–Crippen LogP) is 2.73. The molecule has 0 saturated carbocycles. The molecule has 2 aromatic rings. The highest BCUT2D eigenvalue weighted by atomic mass is 19.1. The van der Waals surface area contributed by atoms with E-state index in [1.54, 1.807) is 29.8 Å². The second-order valence-corrected chi connectivity index (χ2v) is 7.56. The molecule has 2 aliphatic heterocycles. The van der Waals surface area contributed by atoms with Crippen molar-refractivity contribution in [3.05, 3.63) is 71.0 Å². The van der Waals surface area contributed by atoms with E-state index in [1.165, 1.54) is 12.1 Å². The van der Waals surface area contributed by atoms with Gasteiger partial charge in [-0.1, -0.05) is 30.3 Å². The summed E-state index contributed by atoms with van der Waals surface area (Å²) >= 11 is 0. The molecule has 5 nitrogen and oxygen atoms in total. The van der Waals surface area contributed by atoms with Crippen molar-refractivity contribution in [3.8, 4) is 0 Å². The first-order valence-corrected chi connectivity index (χ1v) is 9.42. The quantitative estimate of drug-likeness (QED) is 0.803. The van der Waals surface area contributed by atoms with Crippen LogP contribution in [0.4, 0.5) is 4.39 Å². The van der Waals surface area contributed by atoms with Gasteiger partial charge in [0.1, 0.15) is 18.5 Å². The Kier molecular flexibility index (Phi) is 4.67. The summed E-state index contributed by atoms with van der Waals surface area (Å²) in [5.74, 6) is -0.703. The molecule has 2 atom stereocenters. The topological polar surface area (TPSA) is 49.9 Å². The van der Waals surface area contributed by atoms with Crippen molar-refractivity contribution in [3.63, 3.8) is 0 Å². The number of halogens is 1. The summed E-state index contributed by atoms with van der Waals surface area (Å²) in [6.07, 6.45) is 0.217. The highest BCUT2D eigenvalue weighted by Gasteiger charge is 2.53. The molecule has 2 heterocycles. The zero-order chi connectivity index (χ0) is 19.9. The van der Waals surface area contributed by atoms with E-state index in [0.29, 0.717) is 30.6 Å². The zero-order valence-electron chi connectivity index (χ0n) is 16.0. The highest BCUT2D eigenvalue weighted by molar-refractivity contribution is 5.94. The molecule has 2 aromatic carbocycles. The van der Waals surface area contributed by atoms with Crippen molar-refractivity contribution in [2.24, 2.45) is 0 Å². The number of likely N-dealkylation sites (tertiary alicyclic amines) is 1. The zero-order valence-corrected chi connectivity index (χ0v) is 16.0. The number of likely N-dealkylation sites (N-methyl/N-ethyl adjacent to an activating group) is 1. The molecule has 4 rings (SSSR count). The number of carbonyl (C=O) groups excluding carboxylic acids is 2. The van der Waals surface area contributed by atoms with E-state index < -0.39 is 11.4 Å². The lowest BCUT2D eigenvalue weighted by Crippen LogP contribution is -2.67. The van der Waals surface area contributed by atoms with Gasteiger partial charge in [-0.15, -0.1) is 0 Å². The van der Waals surface area contributed by atoms with Gasteiger partial charge in [-0.25, -0.2) is 4.39 Å². The van der Waals surface area contributed by atoms with Gasteiger partial charge in [0.25, 0.3) is 5.91 Å². The van der Waals surface area contributed by atoms with Crippen molar-refractivity contribution in [1.82, 2.24) is 9.80 Å². The van der Waals surface area contributed by atoms with Crippen LogP contribution in [0.15, 0.2) is 48.5 Å². The van der Waals surface area contributed by atoms with Crippen LogP contribution in [0, 0.1) is 12.7 Å². The Morgan fingerprint density at radius 1 is 1.21 bits per heavy atom. The van der Waals surface area contributed by atoms with Crippen LogP contribution in [0.2, 0.25) is 0 Å². The standard InChI is InChI=1S/C22H23FN2O3/c1-15-10-16(12-18(23)11-15)21(27)25-9-8-22(17-6-4-3-5-7-17)19(13-25)28-14-20(26)24(22)2/h3-7,10-12,19H,8-9,13-14H2,1-2H3/t19-,22+/m1/s1. The van der Waals surface area contributed by atoms with Crippen molar-refractivity contribution < 1.29 is 18.7 Å². The van der Waals surface area contributed by atoms with E-state index in [0.717, 1.165) is 5.56 Å². The minimum atomic E-state index is -0.606. The molecule has 146 valence electrons. The van der Waals surface area contributed by atoms with Crippen molar-refractivity contribution in [2.45, 2.75) is 25.0 Å². The number of carbonyl (C=O) groups is 2. The number of nitrogens with zero attached hydrogens (tertiary/aromatic N) is 2. The SMILES string of the molecule is Cc1cc(F)cc(C(=O)N2CC[C@]3(c4ccccc4)[C@@H](C2)OCC(=O)N3C)c1. The predicted molar refractivity (Wildman–Crippen MR) is 102 cm³/mol. The average molecular weight is 382 g/mol. The van der Waals surface area contributed by atoms with Crippen LogP contribution >= 0.6 is 0 Å². The van der Waals surface area contributed by atoms with Crippen LogP contribution in [-0.2, 0) is 15.1 Å². The van der Waals surface area contributed by atoms with Crippen molar-refractivity contribution >= 4 is 11.8 Å². The van der Waals surface area contributed by atoms with E-state index in [2.05, 4.69) is 0 Å². The third-order valence-corrected chi connectivity index (χ3v) is 5.91. The monoisotopic (exact) mass is 382 g/mol. The molecule has 6 heteroatoms. The van der Waals surface area contributed by atoms with Gasteiger partial charge in [0.2, 0.25) is 5.91 Å². The Morgan fingerprint density at radius 3 is 2.68 bits per heavy atom. The minimum Gasteiger partial charge on any atom is -0.364 e. The lowest BCUT2D eigenvalue weighted by Gasteiger charge is -2.54. The number of hydrogen-bond acceptors (Lipinski definition) is 3. The molecular weight excluding hydrogens is 359 g/mol. The summed E-state index contributed by atoms with van der Waals surface area (Å²) in [6.45, 7) is 2.57.